The summed E-state index contributed by atoms with van der Waals surface area (Å²) >= 11 is 0. The molecule has 4 heterocycles. The van der Waals surface area contributed by atoms with Crippen LogP contribution in [0.1, 0.15) is 25.0 Å². The lowest BCUT2D eigenvalue weighted by atomic mass is 10.3. The normalized spacial score (nSPS) is 18.2. The largest absolute Gasteiger partial charge is 0.479 e. The Kier molecular flexibility index (Phi) is 5.38. The van der Waals surface area contributed by atoms with Gasteiger partial charge in [0.25, 0.3) is 5.91 Å². The van der Waals surface area contributed by atoms with Crippen LogP contribution < -0.4 is 14.4 Å². The number of rotatable bonds is 8. The number of hydrogen-bond donors (Lipinski definition) is 0. The lowest BCUT2D eigenvalue weighted by Crippen LogP contribution is -2.32. The predicted octanol–water partition coefficient (Wildman–Crippen LogP) is 2.42. The Hall–Kier alpha value is -3.62. The van der Waals surface area contributed by atoms with Crippen LogP contribution in [-0.2, 0) is 20.7 Å². The number of carbonyl (C=O) groups excluding carboxylic acids is 2. The third-order valence-corrected chi connectivity index (χ3v) is 5.66. The minimum atomic E-state index is -0.566. The van der Waals surface area contributed by atoms with E-state index < -0.39 is 6.10 Å². The van der Waals surface area contributed by atoms with Gasteiger partial charge in [0, 0.05) is 31.4 Å². The molecule has 5 rings (SSSR count). The molecule has 32 heavy (non-hydrogen) atoms. The van der Waals surface area contributed by atoms with Gasteiger partial charge >= 0.3 is 5.97 Å². The fourth-order valence-corrected chi connectivity index (χ4v) is 3.69. The molecule has 3 aromatic rings. The predicted molar refractivity (Wildman–Crippen MR) is 115 cm³/mol. The summed E-state index contributed by atoms with van der Waals surface area (Å²) in [5, 5.41) is 0. The molecule has 1 aliphatic heterocycles. The molecule has 2 fully saturated rings. The van der Waals surface area contributed by atoms with Crippen LogP contribution in [0.15, 0.2) is 42.9 Å². The Labute approximate surface area is 184 Å². The first-order chi connectivity index (χ1) is 15.6. The fraction of sp³-hybridized carbons (Fsp3) is 0.391. The summed E-state index contributed by atoms with van der Waals surface area (Å²) in [6, 6.07) is 7.22. The van der Waals surface area contributed by atoms with Crippen molar-refractivity contribution in [1.82, 2.24) is 14.4 Å². The molecule has 0 unspecified atom stereocenters. The van der Waals surface area contributed by atoms with Gasteiger partial charge in [-0.1, -0.05) is 0 Å². The van der Waals surface area contributed by atoms with E-state index in [1.165, 1.54) is 20.0 Å². The van der Waals surface area contributed by atoms with E-state index in [2.05, 4.69) is 9.97 Å². The van der Waals surface area contributed by atoms with Gasteiger partial charge in [-0.25, -0.2) is 9.97 Å². The molecule has 1 saturated heterocycles. The zero-order chi connectivity index (χ0) is 22.1. The van der Waals surface area contributed by atoms with Gasteiger partial charge in [-0.05, 0) is 37.0 Å². The van der Waals surface area contributed by atoms with Crippen LogP contribution in [0, 0.1) is 5.92 Å². The first kappa shape index (κ1) is 20.3. The van der Waals surface area contributed by atoms with Gasteiger partial charge in [0.05, 0.1) is 37.7 Å². The van der Waals surface area contributed by atoms with Gasteiger partial charge in [0.1, 0.15) is 11.4 Å². The highest BCUT2D eigenvalue weighted by Gasteiger charge is 2.34. The molecular formula is C23H24N4O5. The van der Waals surface area contributed by atoms with Gasteiger partial charge < -0.3 is 23.5 Å². The van der Waals surface area contributed by atoms with Crippen LogP contribution in [0.4, 0.5) is 5.69 Å². The number of anilines is 1. The maximum absolute atomic E-state index is 13.0. The minimum absolute atomic E-state index is 0.102. The number of amides is 1. The molecule has 9 heteroatoms. The Morgan fingerprint density at radius 2 is 2.03 bits per heavy atom. The standard InChI is InChI=1S/C23H24N4O5/c1-30-22(28)10-16-12-26-13-17(4-6-20(26)25-16)27-9-8-19(23(27)29)32-18-5-7-21(24-11-18)31-14-15-2-3-15/h4-7,11-13,15,19H,2-3,8-10,14H2,1H3/t19-/m1/s1. The summed E-state index contributed by atoms with van der Waals surface area (Å²) in [6.07, 6.45) is 7.76. The zero-order valence-corrected chi connectivity index (χ0v) is 17.8. The Morgan fingerprint density at radius 1 is 1.16 bits per heavy atom. The SMILES string of the molecule is COC(=O)Cc1cn2cc(N3CC[C@@H](Oc4ccc(OCC5CC5)nc4)C3=O)ccc2n1. The lowest BCUT2D eigenvalue weighted by Gasteiger charge is -2.17. The lowest BCUT2D eigenvalue weighted by molar-refractivity contribution is -0.139. The van der Waals surface area contributed by atoms with E-state index in [4.69, 9.17) is 14.2 Å². The van der Waals surface area contributed by atoms with Crippen LogP contribution in [-0.4, -0.2) is 52.6 Å². The monoisotopic (exact) mass is 436 g/mol. The number of pyridine rings is 2. The zero-order valence-electron chi connectivity index (χ0n) is 17.8. The smallest absolute Gasteiger partial charge is 0.311 e. The van der Waals surface area contributed by atoms with E-state index >= 15 is 0 Å². The van der Waals surface area contributed by atoms with Gasteiger partial charge in [-0.3, -0.25) is 9.59 Å². The van der Waals surface area contributed by atoms with E-state index in [9.17, 15) is 9.59 Å². The van der Waals surface area contributed by atoms with Crippen molar-refractivity contribution in [3.05, 3.63) is 48.5 Å². The van der Waals surface area contributed by atoms with Crippen LogP contribution >= 0.6 is 0 Å². The van der Waals surface area contributed by atoms with Crippen molar-refractivity contribution in [2.75, 3.05) is 25.2 Å². The number of hydrogen-bond acceptors (Lipinski definition) is 7. The molecular weight excluding hydrogens is 412 g/mol. The Bertz CT molecular complexity index is 1140. The molecule has 0 radical (unpaired) electrons. The molecule has 1 amide bonds. The van der Waals surface area contributed by atoms with Crippen molar-refractivity contribution < 1.29 is 23.8 Å². The second kappa shape index (κ2) is 8.49. The number of imidazole rings is 1. The van der Waals surface area contributed by atoms with Crippen LogP contribution in [0.25, 0.3) is 5.65 Å². The van der Waals surface area contributed by atoms with Gasteiger partial charge in [0.2, 0.25) is 5.88 Å². The molecule has 2 aliphatic rings. The number of methoxy groups -OCH3 is 1. The van der Waals surface area contributed by atoms with Crippen molar-refractivity contribution in [1.29, 1.82) is 0 Å². The second-order valence-corrected chi connectivity index (χ2v) is 8.11. The molecule has 0 aromatic carbocycles. The van der Waals surface area contributed by atoms with Crippen molar-refractivity contribution in [3.63, 3.8) is 0 Å². The summed E-state index contributed by atoms with van der Waals surface area (Å²) < 4.78 is 18.0. The van der Waals surface area contributed by atoms with Gasteiger partial charge in [-0.2, -0.15) is 0 Å². The summed E-state index contributed by atoms with van der Waals surface area (Å²) in [4.78, 5) is 34.8. The highest BCUT2D eigenvalue weighted by atomic mass is 16.5. The maximum Gasteiger partial charge on any atom is 0.311 e. The Balaban J connectivity index is 1.23. The Morgan fingerprint density at radius 3 is 2.78 bits per heavy atom. The number of fused-ring (bicyclic) bond motifs is 1. The van der Waals surface area contributed by atoms with Crippen molar-refractivity contribution in [2.24, 2.45) is 5.92 Å². The molecule has 0 spiro atoms. The first-order valence-electron chi connectivity index (χ1n) is 10.7. The van der Waals surface area contributed by atoms with E-state index in [1.54, 1.807) is 33.8 Å². The molecule has 1 aliphatic carbocycles. The highest BCUT2D eigenvalue weighted by molar-refractivity contribution is 5.99. The number of esters is 1. The summed E-state index contributed by atoms with van der Waals surface area (Å²) in [7, 11) is 1.35. The molecule has 166 valence electrons. The first-order valence-corrected chi connectivity index (χ1v) is 10.7. The summed E-state index contributed by atoms with van der Waals surface area (Å²) in [5.41, 5.74) is 2.06. The number of ether oxygens (including phenoxy) is 3. The third-order valence-electron chi connectivity index (χ3n) is 5.66. The second-order valence-electron chi connectivity index (χ2n) is 8.11. The van der Waals surface area contributed by atoms with Crippen molar-refractivity contribution in [3.8, 4) is 11.6 Å². The number of nitrogens with zero attached hydrogens (tertiary/aromatic N) is 4. The minimum Gasteiger partial charge on any atom is -0.479 e. The van der Waals surface area contributed by atoms with Gasteiger partial charge in [-0.15, -0.1) is 0 Å². The summed E-state index contributed by atoms with van der Waals surface area (Å²) in [5.74, 6) is 1.33. The maximum atomic E-state index is 13.0. The molecule has 0 bridgehead atoms. The fourth-order valence-electron chi connectivity index (χ4n) is 3.69. The van der Waals surface area contributed by atoms with Crippen LogP contribution in [0.2, 0.25) is 0 Å². The van der Waals surface area contributed by atoms with Crippen LogP contribution in [0.3, 0.4) is 0 Å². The molecule has 0 N–H and O–H groups in total. The third kappa shape index (κ3) is 4.37. The molecule has 3 aromatic heterocycles. The molecule has 9 nitrogen and oxygen atoms in total. The van der Waals surface area contributed by atoms with Crippen molar-refractivity contribution >= 4 is 23.2 Å². The van der Waals surface area contributed by atoms with E-state index in [0.29, 0.717) is 48.5 Å². The molecule has 1 saturated carbocycles. The quantitative estimate of drug-likeness (QED) is 0.501. The van der Waals surface area contributed by atoms with Gasteiger partial charge in [0.15, 0.2) is 6.10 Å². The average molecular weight is 436 g/mol. The number of aromatic nitrogens is 3. The van der Waals surface area contributed by atoms with E-state index in [-0.39, 0.29) is 18.3 Å². The topological polar surface area (TPSA) is 95.3 Å². The van der Waals surface area contributed by atoms with E-state index in [1.807, 2.05) is 18.3 Å². The highest BCUT2D eigenvalue weighted by Crippen LogP contribution is 2.30. The molecule has 1 atom stereocenters. The van der Waals surface area contributed by atoms with Crippen LogP contribution in [0.5, 0.6) is 11.6 Å². The van der Waals surface area contributed by atoms with Crippen molar-refractivity contribution in [2.45, 2.75) is 31.8 Å². The van der Waals surface area contributed by atoms with E-state index in [0.717, 1.165) is 5.69 Å². The average Bonchev–Trinajstić information content (AvgIpc) is 3.45. The number of carbonyl (C=O) groups is 2. The summed E-state index contributed by atoms with van der Waals surface area (Å²) in [6.45, 7) is 1.25.